The lowest BCUT2D eigenvalue weighted by Crippen LogP contribution is -2.23. The number of aryl methyl sites for hydroxylation is 1. The number of carbonyl (C=O) groups is 1. The second kappa shape index (κ2) is 5.40. The van der Waals surface area contributed by atoms with Crippen LogP contribution >= 0.6 is 0 Å². The minimum atomic E-state index is -0.335. The number of halogens is 1. The molecule has 0 unspecified atom stereocenters. The van der Waals surface area contributed by atoms with Crippen LogP contribution in [0.4, 0.5) is 4.39 Å². The topological polar surface area (TPSA) is 42.0 Å². The molecule has 0 radical (unpaired) electrons. The molecule has 3 nitrogen and oxygen atoms in total. The summed E-state index contributed by atoms with van der Waals surface area (Å²) in [4.78, 5) is 15.8. The first kappa shape index (κ1) is 12.2. The Morgan fingerprint density at radius 3 is 2.67 bits per heavy atom. The highest BCUT2D eigenvalue weighted by atomic mass is 19.1. The molecule has 0 aliphatic heterocycles. The Labute approximate surface area is 105 Å². The van der Waals surface area contributed by atoms with E-state index in [0.29, 0.717) is 17.7 Å². The first-order valence-electron chi connectivity index (χ1n) is 5.60. The average Bonchev–Trinajstić information content (AvgIpc) is 2.37. The zero-order valence-electron chi connectivity index (χ0n) is 9.98. The first-order chi connectivity index (χ1) is 8.66. The van der Waals surface area contributed by atoms with E-state index in [4.69, 9.17) is 0 Å². The molecule has 1 aromatic heterocycles. The Hall–Kier alpha value is -2.23. The number of benzene rings is 1. The minimum Gasteiger partial charge on any atom is -0.348 e. The van der Waals surface area contributed by atoms with Gasteiger partial charge in [-0.25, -0.2) is 4.39 Å². The van der Waals surface area contributed by atoms with E-state index in [1.165, 1.54) is 18.2 Å². The second-order valence-electron chi connectivity index (χ2n) is 4.00. The van der Waals surface area contributed by atoms with Gasteiger partial charge in [-0.3, -0.25) is 9.78 Å². The zero-order valence-corrected chi connectivity index (χ0v) is 9.98. The average molecular weight is 244 g/mol. The van der Waals surface area contributed by atoms with Crippen molar-refractivity contribution in [3.63, 3.8) is 0 Å². The molecule has 1 N–H and O–H groups in total. The number of carbonyl (C=O) groups excluding carboxylic acids is 1. The summed E-state index contributed by atoms with van der Waals surface area (Å²) in [5.74, 6) is -0.539. The summed E-state index contributed by atoms with van der Waals surface area (Å²) in [5.41, 5.74) is 2.09. The fraction of sp³-hybridized carbons (Fsp3) is 0.143. The lowest BCUT2D eigenvalue weighted by molar-refractivity contribution is 0.0950. The third-order valence-corrected chi connectivity index (χ3v) is 2.64. The van der Waals surface area contributed by atoms with E-state index < -0.39 is 0 Å². The van der Waals surface area contributed by atoms with Crippen molar-refractivity contribution in [2.75, 3.05) is 0 Å². The maximum absolute atomic E-state index is 12.9. The molecule has 0 aliphatic rings. The molecular formula is C14H13FN2O. The summed E-state index contributed by atoms with van der Waals surface area (Å²) in [7, 11) is 0. The highest BCUT2D eigenvalue weighted by molar-refractivity contribution is 5.95. The van der Waals surface area contributed by atoms with Gasteiger partial charge in [-0.15, -0.1) is 0 Å². The molecule has 0 bridgehead atoms. The van der Waals surface area contributed by atoms with Gasteiger partial charge in [0.15, 0.2) is 0 Å². The summed E-state index contributed by atoms with van der Waals surface area (Å²) in [5, 5.41) is 2.79. The fourth-order valence-corrected chi connectivity index (χ4v) is 1.66. The van der Waals surface area contributed by atoms with Crippen molar-refractivity contribution in [3.8, 4) is 0 Å². The predicted octanol–water partition coefficient (Wildman–Crippen LogP) is 2.46. The van der Waals surface area contributed by atoms with Crippen LogP contribution in [0.1, 0.15) is 21.5 Å². The lowest BCUT2D eigenvalue weighted by Gasteiger charge is -2.07. The van der Waals surface area contributed by atoms with Crippen molar-refractivity contribution in [1.29, 1.82) is 0 Å². The molecule has 92 valence electrons. The highest BCUT2D eigenvalue weighted by Gasteiger charge is 2.08. The van der Waals surface area contributed by atoms with Crippen molar-refractivity contribution in [2.45, 2.75) is 13.5 Å². The van der Waals surface area contributed by atoms with Crippen LogP contribution in [0.3, 0.4) is 0 Å². The molecular weight excluding hydrogens is 231 g/mol. The summed E-state index contributed by atoms with van der Waals surface area (Å²) in [6.45, 7) is 2.14. The van der Waals surface area contributed by atoms with E-state index >= 15 is 0 Å². The number of aromatic nitrogens is 1. The molecule has 0 saturated carbocycles. The molecule has 0 saturated heterocycles. The van der Waals surface area contributed by atoms with Gasteiger partial charge in [0, 0.05) is 24.5 Å². The smallest absolute Gasteiger partial charge is 0.251 e. The molecule has 0 fully saturated rings. The Kier molecular flexibility index (Phi) is 3.67. The monoisotopic (exact) mass is 244 g/mol. The Morgan fingerprint density at radius 1 is 1.28 bits per heavy atom. The quantitative estimate of drug-likeness (QED) is 0.901. The summed E-state index contributed by atoms with van der Waals surface area (Å²) in [6.07, 6.45) is 3.34. The van der Waals surface area contributed by atoms with Gasteiger partial charge in [0.05, 0.1) is 0 Å². The zero-order chi connectivity index (χ0) is 13.0. The van der Waals surface area contributed by atoms with E-state index in [1.807, 2.05) is 12.1 Å². The van der Waals surface area contributed by atoms with E-state index in [9.17, 15) is 9.18 Å². The van der Waals surface area contributed by atoms with Gasteiger partial charge in [-0.2, -0.15) is 0 Å². The number of hydrogen-bond donors (Lipinski definition) is 1. The maximum Gasteiger partial charge on any atom is 0.251 e. The van der Waals surface area contributed by atoms with Gasteiger partial charge < -0.3 is 5.32 Å². The number of rotatable bonds is 3. The predicted molar refractivity (Wildman–Crippen MR) is 66.5 cm³/mol. The van der Waals surface area contributed by atoms with Gasteiger partial charge >= 0.3 is 0 Å². The molecule has 2 aromatic rings. The summed E-state index contributed by atoms with van der Waals surface area (Å²) >= 11 is 0. The van der Waals surface area contributed by atoms with Gasteiger partial charge in [-0.1, -0.05) is 0 Å². The van der Waals surface area contributed by atoms with E-state index in [-0.39, 0.29) is 11.7 Å². The maximum atomic E-state index is 12.9. The SMILES string of the molecule is Cc1cc(F)ccc1C(=O)NCc1ccncc1. The van der Waals surface area contributed by atoms with Crippen LogP contribution < -0.4 is 5.32 Å². The van der Waals surface area contributed by atoms with Crippen molar-refractivity contribution >= 4 is 5.91 Å². The van der Waals surface area contributed by atoms with Gasteiger partial charge in [0.2, 0.25) is 0 Å². The van der Waals surface area contributed by atoms with Crippen LogP contribution in [0.25, 0.3) is 0 Å². The normalized spacial score (nSPS) is 10.1. The lowest BCUT2D eigenvalue weighted by atomic mass is 10.1. The van der Waals surface area contributed by atoms with Crippen molar-refractivity contribution in [1.82, 2.24) is 10.3 Å². The standard InChI is InChI=1S/C14H13FN2O/c1-10-8-12(15)2-3-13(10)14(18)17-9-11-4-6-16-7-5-11/h2-8H,9H2,1H3,(H,17,18). The summed E-state index contributed by atoms with van der Waals surface area (Å²) < 4.78 is 12.9. The molecule has 4 heteroatoms. The third-order valence-electron chi connectivity index (χ3n) is 2.64. The number of pyridine rings is 1. The van der Waals surface area contributed by atoms with Crippen molar-refractivity contribution in [3.05, 3.63) is 65.2 Å². The Bertz CT molecular complexity index is 555. The van der Waals surface area contributed by atoms with E-state index in [0.717, 1.165) is 5.56 Å². The molecule has 0 spiro atoms. The number of amides is 1. The molecule has 1 amide bonds. The highest BCUT2D eigenvalue weighted by Crippen LogP contribution is 2.10. The molecule has 0 atom stereocenters. The van der Waals surface area contributed by atoms with Crippen LogP contribution in [0, 0.1) is 12.7 Å². The fourth-order valence-electron chi connectivity index (χ4n) is 1.66. The molecule has 0 aliphatic carbocycles. The number of nitrogens with one attached hydrogen (secondary N) is 1. The van der Waals surface area contributed by atoms with Crippen LogP contribution in [0.2, 0.25) is 0 Å². The third kappa shape index (κ3) is 2.91. The van der Waals surface area contributed by atoms with Crippen molar-refractivity contribution < 1.29 is 9.18 Å². The van der Waals surface area contributed by atoms with Crippen LogP contribution in [0.5, 0.6) is 0 Å². The van der Waals surface area contributed by atoms with Crippen LogP contribution in [0.15, 0.2) is 42.7 Å². The van der Waals surface area contributed by atoms with E-state index in [1.54, 1.807) is 19.3 Å². The number of hydrogen-bond acceptors (Lipinski definition) is 2. The van der Waals surface area contributed by atoms with Gasteiger partial charge in [-0.05, 0) is 48.4 Å². The van der Waals surface area contributed by atoms with Gasteiger partial charge in [0.25, 0.3) is 5.91 Å². The molecule has 1 heterocycles. The van der Waals surface area contributed by atoms with Crippen LogP contribution in [-0.4, -0.2) is 10.9 Å². The second-order valence-corrected chi connectivity index (χ2v) is 4.00. The number of nitrogens with zero attached hydrogens (tertiary/aromatic N) is 1. The Balaban J connectivity index is 2.04. The van der Waals surface area contributed by atoms with E-state index in [2.05, 4.69) is 10.3 Å². The molecule has 2 rings (SSSR count). The molecule has 1 aromatic carbocycles. The Morgan fingerprint density at radius 2 is 2.00 bits per heavy atom. The van der Waals surface area contributed by atoms with Crippen LogP contribution in [-0.2, 0) is 6.54 Å². The minimum absolute atomic E-state index is 0.204. The van der Waals surface area contributed by atoms with Crippen molar-refractivity contribution in [2.24, 2.45) is 0 Å². The summed E-state index contributed by atoms with van der Waals surface area (Å²) in [6, 6.07) is 7.79. The van der Waals surface area contributed by atoms with Gasteiger partial charge in [0.1, 0.15) is 5.82 Å². The first-order valence-corrected chi connectivity index (χ1v) is 5.60. The largest absolute Gasteiger partial charge is 0.348 e. The molecule has 18 heavy (non-hydrogen) atoms.